The van der Waals surface area contributed by atoms with Crippen molar-refractivity contribution in [2.45, 2.75) is 51.3 Å². The molecule has 0 spiro atoms. The van der Waals surface area contributed by atoms with Crippen molar-refractivity contribution in [3.8, 4) is 0 Å². The van der Waals surface area contributed by atoms with Gasteiger partial charge in [-0.05, 0) is 41.9 Å². The van der Waals surface area contributed by atoms with Crippen LogP contribution in [0.1, 0.15) is 52.0 Å². The molecular weight excluding hydrogens is 336 g/mol. The molecule has 0 unspecified atom stereocenters. The third-order valence-corrected chi connectivity index (χ3v) is 7.36. The molecule has 0 bridgehead atoms. The lowest BCUT2D eigenvalue weighted by atomic mass is 9.87. The minimum Gasteiger partial charge on any atom is -0.224 e. The van der Waals surface area contributed by atoms with Crippen molar-refractivity contribution in [2.75, 3.05) is 11.1 Å². The van der Waals surface area contributed by atoms with E-state index >= 15 is 0 Å². The topological polar surface area (TPSA) is 34.1 Å². The summed E-state index contributed by atoms with van der Waals surface area (Å²) in [7, 11) is -3.23. The molecule has 0 aliphatic carbocycles. The van der Waals surface area contributed by atoms with Crippen LogP contribution in [-0.2, 0) is 9.84 Å². The molecule has 114 valence electrons. The largest absolute Gasteiger partial charge is 0.224 e. The highest BCUT2D eigenvalue weighted by Crippen LogP contribution is 2.33. The van der Waals surface area contributed by atoms with Crippen molar-refractivity contribution in [3.05, 3.63) is 29.8 Å². The Labute approximate surface area is 132 Å². The molecule has 0 atom stereocenters. The minimum absolute atomic E-state index is 0.171. The summed E-state index contributed by atoms with van der Waals surface area (Å²) in [5.41, 5.74) is 0.997. The Hall–Kier alpha value is -0.350. The van der Waals surface area contributed by atoms with Gasteiger partial charge in [-0.3, -0.25) is 0 Å². The second-order valence-electron chi connectivity index (χ2n) is 5.82. The molecule has 0 aromatic heterocycles. The van der Waals surface area contributed by atoms with Crippen molar-refractivity contribution >= 4 is 25.8 Å². The average molecular weight is 361 g/mol. The van der Waals surface area contributed by atoms with Crippen molar-refractivity contribution in [1.29, 1.82) is 0 Å². The summed E-state index contributed by atoms with van der Waals surface area (Å²) in [4.78, 5) is 0.439. The number of benzene rings is 1. The molecule has 0 fully saturated rings. The zero-order valence-corrected chi connectivity index (χ0v) is 15.2. The van der Waals surface area contributed by atoms with Crippen LogP contribution in [0.2, 0.25) is 0 Å². The van der Waals surface area contributed by atoms with E-state index in [4.69, 9.17) is 0 Å². The van der Waals surface area contributed by atoms with E-state index in [1.165, 1.54) is 5.56 Å². The van der Waals surface area contributed by atoms with Gasteiger partial charge in [-0.1, -0.05) is 55.8 Å². The molecular formula is C16H25BrO2S. The molecule has 4 heteroatoms. The van der Waals surface area contributed by atoms with Gasteiger partial charge in [0.25, 0.3) is 0 Å². The van der Waals surface area contributed by atoms with Crippen molar-refractivity contribution in [1.82, 2.24) is 0 Å². The summed E-state index contributed by atoms with van der Waals surface area (Å²) in [6, 6.07) is 7.33. The van der Waals surface area contributed by atoms with E-state index in [1.54, 1.807) is 12.1 Å². The smallest absolute Gasteiger partial charge is 0.178 e. The van der Waals surface area contributed by atoms with E-state index < -0.39 is 9.84 Å². The van der Waals surface area contributed by atoms with Crippen molar-refractivity contribution < 1.29 is 8.42 Å². The monoisotopic (exact) mass is 360 g/mol. The molecule has 1 aromatic carbocycles. The van der Waals surface area contributed by atoms with Gasteiger partial charge < -0.3 is 0 Å². The predicted octanol–water partition coefficient (Wildman–Crippen LogP) is 4.79. The Morgan fingerprint density at radius 2 is 1.60 bits per heavy atom. The van der Waals surface area contributed by atoms with Crippen molar-refractivity contribution in [2.24, 2.45) is 5.41 Å². The average Bonchev–Trinajstić information content (AvgIpc) is 2.45. The zero-order chi connectivity index (χ0) is 15.4. The zero-order valence-electron chi connectivity index (χ0n) is 12.8. The summed E-state index contributed by atoms with van der Waals surface area (Å²) < 4.78 is 25.2. The van der Waals surface area contributed by atoms with Gasteiger partial charge in [0.05, 0.1) is 10.6 Å². The summed E-state index contributed by atoms with van der Waals surface area (Å²) in [5, 5.41) is 0.719. The molecule has 0 radical (unpaired) electrons. The molecule has 0 aliphatic heterocycles. The first-order valence-corrected chi connectivity index (χ1v) is 9.96. The van der Waals surface area contributed by atoms with Crippen LogP contribution < -0.4 is 0 Å². The fraction of sp³-hybridized carbons (Fsp3) is 0.625. The highest BCUT2D eigenvalue weighted by Gasteiger charge is 2.32. The standard InChI is InChI=1S/C16H25BrO2S/c1-5-16(6-2,11-17)12-20(18,19)15-9-7-14(8-10-15)13(3)4/h7-10,13H,5-6,11-12H2,1-4H3. The lowest BCUT2D eigenvalue weighted by Gasteiger charge is -2.29. The second kappa shape index (κ2) is 7.08. The molecule has 20 heavy (non-hydrogen) atoms. The molecule has 0 aliphatic rings. The fourth-order valence-electron chi connectivity index (χ4n) is 2.23. The number of hydrogen-bond acceptors (Lipinski definition) is 2. The first-order valence-electron chi connectivity index (χ1n) is 7.19. The number of hydrogen-bond donors (Lipinski definition) is 0. The van der Waals surface area contributed by atoms with Gasteiger partial charge in [0, 0.05) is 5.33 Å². The van der Waals surface area contributed by atoms with Gasteiger partial charge in [0.2, 0.25) is 0 Å². The van der Waals surface area contributed by atoms with Gasteiger partial charge in [0.15, 0.2) is 9.84 Å². The Balaban J connectivity index is 3.04. The maximum atomic E-state index is 12.6. The van der Waals surface area contributed by atoms with Crippen LogP contribution in [0.5, 0.6) is 0 Å². The molecule has 0 saturated heterocycles. The summed E-state index contributed by atoms with van der Waals surface area (Å²) in [5.74, 6) is 0.624. The first-order chi connectivity index (χ1) is 9.30. The van der Waals surface area contributed by atoms with E-state index in [0.717, 1.165) is 18.2 Å². The minimum atomic E-state index is -3.23. The highest BCUT2D eigenvalue weighted by atomic mass is 79.9. The Kier molecular flexibility index (Phi) is 6.26. The maximum absolute atomic E-state index is 12.6. The van der Waals surface area contributed by atoms with Crippen LogP contribution in [0.3, 0.4) is 0 Å². The maximum Gasteiger partial charge on any atom is 0.178 e. The lowest BCUT2D eigenvalue weighted by Crippen LogP contribution is -2.30. The van der Waals surface area contributed by atoms with Crippen LogP contribution in [0.15, 0.2) is 29.2 Å². The molecule has 0 saturated carbocycles. The van der Waals surface area contributed by atoms with E-state index in [1.807, 2.05) is 12.1 Å². The SMILES string of the molecule is CCC(CC)(CBr)CS(=O)(=O)c1ccc(C(C)C)cc1. The van der Waals surface area contributed by atoms with Gasteiger partial charge >= 0.3 is 0 Å². The van der Waals surface area contributed by atoms with Crippen LogP contribution in [0, 0.1) is 5.41 Å². The molecule has 0 heterocycles. The lowest BCUT2D eigenvalue weighted by molar-refractivity contribution is 0.351. The van der Waals surface area contributed by atoms with Crippen LogP contribution >= 0.6 is 15.9 Å². The summed E-state index contributed by atoms with van der Waals surface area (Å²) in [6.45, 7) is 8.32. The predicted molar refractivity (Wildman–Crippen MR) is 89.4 cm³/mol. The third kappa shape index (κ3) is 4.08. The Morgan fingerprint density at radius 3 is 1.95 bits per heavy atom. The van der Waals surface area contributed by atoms with E-state index in [9.17, 15) is 8.42 Å². The Morgan fingerprint density at radius 1 is 1.10 bits per heavy atom. The third-order valence-electron chi connectivity index (χ3n) is 4.19. The number of halogens is 1. The number of rotatable bonds is 7. The van der Waals surface area contributed by atoms with Gasteiger partial charge in [-0.25, -0.2) is 8.42 Å². The fourth-order valence-corrected chi connectivity index (χ4v) is 5.52. The second-order valence-corrected chi connectivity index (χ2v) is 8.37. The van der Waals surface area contributed by atoms with Gasteiger partial charge in [0.1, 0.15) is 0 Å². The van der Waals surface area contributed by atoms with Crippen molar-refractivity contribution in [3.63, 3.8) is 0 Å². The van der Waals surface area contributed by atoms with E-state index in [-0.39, 0.29) is 11.2 Å². The normalized spacial score (nSPS) is 12.9. The van der Waals surface area contributed by atoms with Gasteiger partial charge in [-0.15, -0.1) is 0 Å². The molecule has 0 N–H and O–H groups in total. The first kappa shape index (κ1) is 17.7. The number of sulfone groups is 1. The molecule has 1 aromatic rings. The molecule has 2 nitrogen and oxygen atoms in total. The molecule has 1 rings (SSSR count). The van der Waals surface area contributed by atoms with Crippen LogP contribution in [-0.4, -0.2) is 19.5 Å². The van der Waals surface area contributed by atoms with E-state index in [2.05, 4.69) is 43.6 Å². The van der Waals surface area contributed by atoms with Crippen LogP contribution in [0.25, 0.3) is 0 Å². The quantitative estimate of drug-likeness (QED) is 0.655. The Bertz CT molecular complexity index is 506. The summed E-state index contributed by atoms with van der Waals surface area (Å²) >= 11 is 3.48. The summed E-state index contributed by atoms with van der Waals surface area (Å²) in [6.07, 6.45) is 1.72. The number of alkyl halides is 1. The van der Waals surface area contributed by atoms with E-state index in [0.29, 0.717) is 10.8 Å². The highest BCUT2D eigenvalue weighted by molar-refractivity contribution is 9.09. The molecule has 0 amide bonds. The van der Waals surface area contributed by atoms with Crippen LogP contribution in [0.4, 0.5) is 0 Å². The van der Waals surface area contributed by atoms with Gasteiger partial charge in [-0.2, -0.15) is 0 Å².